The number of amides is 1. The average molecular weight is 326 g/mol. The van der Waals surface area contributed by atoms with Gasteiger partial charge in [-0.1, -0.05) is 18.2 Å². The van der Waals surface area contributed by atoms with E-state index in [1.165, 1.54) is 12.1 Å². The zero-order chi connectivity index (χ0) is 16.5. The summed E-state index contributed by atoms with van der Waals surface area (Å²) in [7, 11) is 0. The Kier molecular flexibility index (Phi) is 3.92. The van der Waals surface area contributed by atoms with Crippen LogP contribution in [0.3, 0.4) is 0 Å². The second kappa shape index (κ2) is 6.23. The summed E-state index contributed by atoms with van der Waals surface area (Å²) in [6, 6.07) is 12.0. The number of nitrogens with zero attached hydrogens (tertiary/aromatic N) is 2. The Morgan fingerprint density at radius 1 is 1.21 bits per heavy atom. The van der Waals surface area contributed by atoms with Gasteiger partial charge in [0, 0.05) is 31.1 Å². The van der Waals surface area contributed by atoms with Crippen molar-refractivity contribution in [1.29, 1.82) is 0 Å². The number of rotatable bonds is 4. The van der Waals surface area contributed by atoms with Crippen molar-refractivity contribution in [1.82, 2.24) is 9.88 Å². The van der Waals surface area contributed by atoms with E-state index in [4.69, 9.17) is 4.74 Å². The minimum absolute atomic E-state index is 0.00636. The van der Waals surface area contributed by atoms with Crippen molar-refractivity contribution in [2.45, 2.75) is 24.9 Å². The third kappa shape index (κ3) is 3.11. The van der Waals surface area contributed by atoms with E-state index in [0.29, 0.717) is 12.4 Å². The number of halogens is 1. The molecule has 0 spiro atoms. The Morgan fingerprint density at radius 2 is 2.04 bits per heavy atom. The molecule has 4 nitrogen and oxygen atoms in total. The van der Waals surface area contributed by atoms with Crippen molar-refractivity contribution in [3.05, 3.63) is 60.0 Å². The van der Waals surface area contributed by atoms with Crippen LogP contribution in [-0.4, -0.2) is 35.0 Å². The Hall–Kier alpha value is -2.43. The Balaban J connectivity index is 1.33. The van der Waals surface area contributed by atoms with Gasteiger partial charge < -0.3 is 9.64 Å². The van der Waals surface area contributed by atoms with E-state index >= 15 is 0 Å². The lowest BCUT2D eigenvalue weighted by atomic mass is 10.1. The molecule has 0 N–H and O–H groups in total. The second-order valence-electron chi connectivity index (χ2n) is 6.48. The highest BCUT2D eigenvalue weighted by Crippen LogP contribution is 2.48. The van der Waals surface area contributed by atoms with E-state index in [1.807, 2.05) is 23.1 Å². The first kappa shape index (κ1) is 15.1. The summed E-state index contributed by atoms with van der Waals surface area (Å²) in [6.07, 6.45) is 3.39. The van der Waals surface area contributed by atoms with Gasteiger partial charge in [0.15, 0.2) is 0 Å². The Labute approximate surface area is 140 Å². The molecule has 0 unspecified atom stereocenters. The van der Waals surface area contributed by atoms with Crippen molar-refractivity contribution in [2.24, 2.45) is 5.92 Å². The first-order chi connectivity index (χ1) is 11.7. The third-order valence-electron chi connectivity index (χ3n) is 4.79. The number of hydrogen-bond acceptors (Lipinski definition) is 3. The number of carbonyl (C=O) groups is 1. The molecule has 3 atom stereocenters. The maximum absolute atomic E-state index is 13.0. The monoisotopic (exact) mass is 326 g/mol. The lowest BCUT2D eigenvalue weighted by Gasteiger charge is -2.17. The van der Waals surface area contributed by atoms with Crippen LogP contribution in [0.1, 0.15) is 24.3 Å². The first-order valence-corrected chi connectivity index (χ1v) is 8.32. The van der Waals surface area contributed by atoms with Gasteiger partial charge >= 0.3 is 0 Å². The van der Waals surface area contributed by atoms with Crippen LogP contribution < -0.4 is 4.74 Å². The maximum atomic E-state index is 13.0. The summed E-state index contributed by atoms with van der Waals surface area (Å²) in [5, 5.41) is 0. The highest BCUT2D eigenvalue weighted by molar-refractivity contribution is 5.83. The van der Waals surface area contributed by atoms with Crippen LogP contribution in [0.25, 0.3) is 0 Å². The molecule has 1 saturated heterocycles. The fourth-order valence-electron chi connectivity index (χ4n) is 3.39. The molecule has 0 bridgehead atoms. The molecule has 2 aromatic rings. The summed E-state index contributed by atoms with van der Waals surface area (Å²) >= 11 is 0. The van der Waals surface area contributed by atoms with Gasteiger partial charge in [-0.25, -0.2) is 9.37 Å². The summed E-state index contributed by atoms with van der Waals surface area (Å²) in [4.78, 5) is 18.7. The van der Waals surface area contributed by atoms with Gasteiger partial charge in [0.1, 0.15) is 11.9 Å². The number of hydrogen-bond donors (Lipinski definition) is 0. The van der Waals surface area contributed by atoms with E-state index in [0.717, 1.165) is 24.9 Å². The van der Waals surface area contributed by atoms with Gasteiger partial charge in [-0.05, 0) is 36.1 Å². The van der Waals surface area contributed by atoms with Crippen LogP contribution in [0.15, 0.2) is 48.7 Å². The summed E-state index contributed by atoms with van der Waals surface area (Å²) in [6.45, 7) is 1.34. The maximum Gasteiger partial charge on any atom is 0.226 e. The number of carbonyl (C=O) groups excluding carboxylic acids is 1. The average Bonchev–Trinajstić information content (AvgIpc) is 3.27. The molecule has 1 aromatic heterocycles. The van der Waals surface area contributed by atoms with E-state index in [1.54, 1.807) is 18.3 Å². The third-order valence-corrected chi connectivity index (χ3v) is 4.79. The van der Waals surface area contributed by atoms with Crippen molar-refractivity contribution in [2.75, 3.05) is 13.1 Å². The topological polar surface area (TPSA) is 42.4 Å². The molecule has 2 fully saturated rings. The van der Waals surface area contributed by atoms with Gasteiger partial charge in [0.25, 0.3) is 0 Å². The van der Waals surface area contributed by atoms with Gasteiger partial charge in [-0.3, -0.25) is 4.79 Å². The molecule has 1 saturated carbocycles. The molecule has 5 heteroatoms. The fraction of sp³-hybridized carbons (Fsp3) is 0.368. The van der Waals surface area contributed by atoms with Crippen LogP contribution in [0.4, 0.5) is 4.39 Å². The molecule has 1 aromatic carbocycles. The Bertz CT molecular complexity index is 720. The van der Waals surface area contributed by atoms with E-state index in [-0.39, 0.29) is 29.7 Å². The summed E-state index contributed by atoms with van der Waals surface area (Å²) < 4.78 is 18.8. The minimum Gasteiger partial charge on any atom is -0.472 e. The lowest BCUT2D eigenvalue weighted by molar-refractivity contribution is -0.131. The smallest absolute Gasteiger partial charge is 0.226 e. The lowest BCUT2D eigenvalue weighted by Crippen LogP contribution is -2.32. The predicted molar refractivity (Wildman–Crippen MR) is 87.1 cm³/mol. The normalized spacial score (nSPS) is 25.5. The van der Waals surface area contributed by atoms with Crippen molar-refractivity contribution >= 4 is 5.91 Å². The predicted octanol–water partition coefficient (Wildman–Crippen LogP) is 3.00. The molecule has 4 rings (SSSR count). The van der Waals surface area contributed by atoms with Crippen LogP contribution in [0.5, 0.6) is 5.88 Å². The molecular formula is C19H19FN2O2. The minimum atomic E-state index is -0.240. The molecular weight excluding hydrogens is 307 g/mol. The number of aromatic nitrogens is 1. The molecule has 2 aliphatic rings. The second-order valence-corrected chi connectivity index (χ2v) is 6.48. The van der Waals surface area contributed by atoms with Crippen molar-refractivity contribution in [3.8, 4) is 5.88 Å². The SMILES string of the molecule is O=C([C@@H]1C[C@@H]1c1ccc(F)cc1)N1CC[C@H](Oc2ccccn2)C1. The molecule has 1 aliphatic heterocycles. The number of likely N-dealkylation sites (tertiary alicyclic amines) is 1. The molecule has 1 amide bonds. The van der Waals surface area contributed by atoms with E-state index in [2.05, 4.69) is 4.98 Å². The van der Waals surface area contributed by atoms with Gasteiger partial charge in [0.05, 0.1) is 6.54 Å². The Morgan fingerprint density at radius 3 is 2.79 bits per heavy atom. The van der Waals surface area contributed by atoms with E-state index < -0.39 is 0 Å². The van der Waals surface area contributed by atoms with Gasteiger partial charge in [0.2, 0.25) is 11.8 Å². The van der Waals surface area contributed by atoms with Crippen LogP contribution in [0.2, 0.25) is 0 Å². The highest BCUT2D eigenvalue weighted by Gasteiger charge is 2.47. The van der Waals surface area contributed by atoms with Gasteiger partial charge in [-0.15, -0.1) is 0 Å². The van der Waals surface area contributed by atoms with Crippen LogP contribution in [-0.2, 0) is 4.79 Å². The zero-order valence-electron chi connectivity index (χ0n) is 13.3. The van der Waals surface area contributed by atoms with Crippen LogP contribution >= 0.6 is 0 Å². The molecule has 24 heavy (non-hydrogen) atoms. The number of benzene rings is 1. The highest BCUT2D eigenvalue weighted by atomic mass is 19.1. The zero-order valence-corrected chi connectivity index (χ0v) is 13.3. The number of ether oxygens (including phenoxy) is 1. The standard InChI is InChI=1S/C19H19FN2O2/c20-14-6-4-13(5-7-14)16-11-17(16)19(23)22-10-8-15(12-22)24-18-3-1-2-9-21-18/h1-7,9,15-17H,8,10-12H2/t15-,16+,17+/m0/s1. The van der Waals surface area contributed by atoms with Crippen LogP contribution in [0, 0.1) is 11.7 Å². The fourth-order valence-corrected chi connectivity index (χ4v) is 3.39. The quantitative estimate of drug-likeness (QED) is 0.867. The molecule has 1 aliphatic carbocycles. The summed E-state index contributed by atoms with van der Waals surface area (Å²) in [5.41, 5.74) is 1.05. The van der Waals surface area contributed by atoms with Gasteiger partial charge in [-0.2, -0.15) is 0 Å². The summed E-state index contributed by atoms with van der Waals surface area (Å²) in [5.74, 6) is 0.818. The largest absolute Gasteiger partial charge is 0.472 e. The molecule has 2 heterocycles. The van der Waals surface area contributed by atoms with Crippen molar-refractivity contribution < 1.29 is 13.9 Å². The van der Waals surface area contributed by atoms with E-state index in [9.17, 15) is 9.18 Å². The molecule has 124 valence electrons. The van der Waals surface area contributed by atoms with Crippen molar-refractivity contribution in [3.63, 3.8) is 0 Å². The first-order valence-electron chi connectivity index (χ1n) is 8.32. The number of pyridine rings is 1. The molecule has 0 radical (unpaired) electrons.